The molecule has 2 N–H and O–H groups in total. The molecule has 1 aromatic carbocycles. The van der Waals surface area contributed by atoms with Crippen molar-refractivity contribution in [3.05, 3.63) is 42.5 Å². The first kappa shape index (κ1) is 13.6. The number of ether oxygens (including phenoxy) is 1. The molecule has 0 atom stereocenters. The van der Waals surface area contributed by atoms with Crippen LogP contribution in [0.4, 0.5) is 0 Å². The van der Waals surface area contributed by atoms with Gasteiger partial charge >= 0.3 is 0 Å². The summed E-state index contributed by atoms with van der Waals surface area (Å²) in [6.45, 7) is 5.93. The van der Waals surface area contributed by atoms with Crippen molar-refractivity contribution in [2.24, 2.45) is 0 Å². The van der Waals surface area contributed by atoms with Crippen molar-refractivity contribution in [2.45, 2.75) is 18.9 Å². The molecule has 0 bridgehead atoms. The SMILES string of the molecule is C=CCOc1ccccc1C(=O)NC1CCNCC1. The summed E-state index contributed by atoms with van der Waals surface area (Å²) in [6.07, 6.45) is 3.62. The van der Waals surface area contributed by atoms with Gasteiger partial charge in [-0.05, 0) is 38.1 Å². The van der Waals surface area contributed by atoms with Crippen LogP contribution in [0, 0.1) is 0 Å². The maximum atomic E-state index is 12.3. The summed E-state index contributed by atoms with van der Waals surface area (Å²) in [6, 6.07) is 7.55. The minimum absolute atomic E-state index is 0.0634. The highest BCUT2D eigenvalue weighted by molar-refractivity contribution is 5.97. The molecule has 1 amide bonds. The number of carbonyl (C=O) groups excluding carboxylic acids is 1. The van der Waals surface area contributed by atoms with E-state index in [4.69, 9.17) is 4.74 Å². The van der Waals surface area contributed by atoms with Crippen LogP contribution < -0.4 is 15.4 Å². The molecule has 0 aliphatic carbocycles. The number of carbonyl (C=O) groups is 1. The van der Waals surface area contributed by atoms with E-state index < -0.39 is 0 Å². The van der Waals surface area contributed by atoms with Crippen molar-refractivity contribution in [3.63, 3.8) is 0 Å². The van der Waals surface area contributed by atoms with Crippen LogP contribution in [-0.2, 0) is 0 Å². The summed E-state index contributed by atoms with van der Waals surface area (Å²) in [5, 5.41) is 6.35. The molecule has 4 heteroatoms. The Morgan fingerprint density at radius 2 is 2.16 bits per heavy atom. The molecule has 0 aromatic heterocycles. The van der Waals surface area contributed by atoms with Gasteiger partial charge in [-0.25, -0.2) is 0 Å². The quantitative estimate of drug-likeness (QED) is 0.793. The van der Waals surface area contributed by atoms with Gasteiger partial charge in [0.05, 0.1) is 5.56 Å². The number of piperidine rings is 1. The predicted octanol–water partition coefficient (Wildman–Crippen LogP) is 1.73. The third-order valence-corrected chi connectivity index (χ3v) is 3.16. The Morgan fingerprint density at radius 1 is 1.42 bits per heavy atom. The highest BCUT2D eigenvalue weighted by Gasteiger charge is 2.18. The van der Waals surface area contributed by atoms with E-state index in [0.717, 1.165) is 25.9 Å². The summed E-state index contributed by atoms with van der Waals surface area (Å²) in [5.41, 5.74) is 0.586. The summed E-state index contributed by atoms with van der Waals surface area (Å²) in [7, 11) is 0. The number of hydrogen-bond acceptors (Lipinski definition) is 3. The zero-order chi connectivity index (χ0) is 13.5. The molecule has 102 valence electrons. The average Bonchev–Trinajstić information content (AvgIpc) is 2.46. The smallest absolute Gasteiger partial charge is 0.255 e. The highest BCUT2D eigenvalue weighted by atomic mass is 16.5. The first-order chi connectivity index (χ1) is 9.31. The van der Waals surface area contributed by atoms with Gasteiger partial charge in [-0.2, -0.15) is 0 Å². The second kappa shape index (κ2) is 6.95. The molecule has 1 fully saturated rings. The largest absolute Gasteiger partial charge is 0.489 e. The Labute approximate surface area is 113 Å². The van der Waals surface area contributed by atoms with Crippen LogP contribution in [0.15, 0.2) is 36.9 Å². The predicted molar refractivity (Wildman–Crippen MR) is 75.5 cm³/mol. The number of benzene rings is 1. The lowest BCUT2D eigenvalue weighted by molar-refractivity contribution is 0.0926. The number of para-hydroxylation sites is 1. The Bertz CT molecular complexity index is 440. The molecule has 1 heterocycles. The molecule has 19 heavy (non-hydrogen) atoms. The van der Waals surface area contributed by atoms with Crippen molar-refractivity contribution >= 4 is 5.91 Å². The molecule has 0 radical (unpaired) electrons. The molecule has 0 saturated carbocycles. The fraction of sp³-hybridized carbons (Fsp3) is 0.400. The average molecular weight is 260 g/mol. The highest BCUT2D eigenvalue weighted by Crippen LogP contribution is 2.18. The lowest BCUT2D eigenvalue weighted by atomic mass is 10.1. The molecule has 0 unspecified atom stereocenters. The number of rotatable bonds is 5. The van der Waals surface area contributed by atoms with E-state index >= 15 is 0 Å². The van der Waals surface area contributed by atoms with Gasteiger partial charge in [0.25, 0.3) is 5.91 Å². The van der Waals surface area contributed by atoms with Crippen LogP contribution >= 0.6 is 0 Å². The minimum Gasteiger partial charge on any atom is -0.489 e. The number of nitrogens with one attached hydrogen (secondary N) is 2. The van der Waals surface area contributed by atoms with Crippen molar-refractivity contribution in [1.82, 2.24) is 10.6 Å². The van der Waals surface area contributed by atoms with Crippen LogP contribution in [0.1, 0.15) is 23.2 Å². The van der Waals surface area contributed by atoms with Gasteiger partial charge < -0.3 is 15.4 Å². The van der Waals surface area contributed by atoms with E-state index in [1.807, 2.05) is 12.1 Å². The third kappa shape index (κ3) is 3.83. The van der Waals surface area contributed by atoms with Gasteiger partial charge in [-0.15, -0.1) is 0 Å². The molecule has 1 aliphatic rings. The molecule has 1 aliphatic heterocycles. The minimum atomic E-state index is -0.0634. The van der Waals surface area contributed by atoms with Crippen molar-refractivity contribution < 1.29 is 9.53 Å². The maximum Gasteiger partial charge on any atom is 0.255 e. The lowest BCUT2D eigenvalue weighted by Crippen LogP contribution is -2.42. The maximum absolute atomic E-state index is 12.3. The summed E-state index contributed by atoms with van der Waals surface area (Å²) < 4.78 is 5.51. The lowest BCUT2D eigenvalue weighted by Gasteiger charge is -2.24. The van der Waals surface area contributed by atoms with Crippen LogP contribution in [0.5, 0.6) is 5.75 Å². The normalized spacial score (nSPS) is 15.8. The monoisotopic (exact) mass is 260 g/mol. The zero-order valence-electron chi connectivity index (χ0n) is 11.0. The van der Waals surface area contributed by atoms with E-state index in [2.05, 4.69) is 17.2 Å². The van der Waals surface area contributed by atoms with Gasteiger partial charge in [0, 0.05) is 6.04 Å². The van der Waals surface area contributed by atoms with E-state index in [-0.39, 0.29) is 11.9 Å². The first-order valence-corrected chi connectivity index (χ1v) is 6.65. The molecule has 1 saturated heterocycles. The van der Waals surface area contributed by atoms with Crippen LogP contribution in [0.2, 0.25) is 0 Å². The Hall–Kier alpha value is -1.81. The van der Waals surface area contributed by atoms with Crippen LogP contribution in [0.25, 0.3) is 0 Å². The van der Waals surface area contributed by atoms with Gasteiger partial charge in [0.15, 0.2) is 0 Å². The number of amides is 1. The number of hydrogen-bond donors (Lipinski definition) is 2. The Morgan fingerprint density at radius 3 is 2.89 bits per heavy atom. The van der Waals surface area contributed by atoms with Gasteiger partial charge in [0.2, 0.25) is 0 Å². The van der Waals surface area contributed by atoms with Crippen molar-refractivity contribution in [1.29, 1.82) is 0 Å². The van der Waals surface area contributed by atoms with Gasteiger partial charge in [-0.3, -0.25) is 4.79 Å². The first-order valence-electron chi connectivity index (χ1n) is 6.65. The fourth-order valence-electron chi connectivity index (χ4n) is 2.16. The standard InChI is InChI=1S/C15H20N2O2/c1-2-11-19-14-6-4-3-5-13(14)15(18)17-12-7-9-16-10-8-12/h2-6,12,16H,1,7-11H2,(H,17,18). The Kier molecular flexibility index (Phi) is 4.98. The summed E-state index contributed by atoms with van der Waals surface area (Å²) in [5.74, 6) is 0.542. The van der Waals surface area contributed by atoms with E-state index in [1.54, 1.807) is 18.2 Å². The summed E-state index contributed by atoms with van der Waals surface area (Å²) >= 11 is 0. The molecule has 4 nitrogen and oxygen atoms in total. The topological polar surface area (TPSA) is 50.4 Å². The second-order valence-corrected chi connectivity index (χ2v) is 4.59. The summed E-state index contributed by atoms with van der Waals surface area (Å²) in [4.78, 5) is 12.3. The molecule has 2 rings (SSSR count). The molecule has 1 aromatic rings. The van der Waals surface area contributed by atoms with E-state index in [9.17, 15) is 4.79 Å². The molecular formula is C15H20N2O2. The van der Waals surface area contributed by atoms with Crippen LogP contribution in [0.3, 0.4) is 0 Å². The van der Waals surface area contributed by atoms with Gasteiger partial charge in [-0.1, -0.05) is 24.8 Å². The van der Waals surface area contributed by atoms with E-state index in [1.165, 1.54) is 0 Å². The van der Waals surface area contributed by atoms with Crippen LogP contribution in [-0.4, -0.2) is 31.6 Å². The van der Waals surface area contributed by atoms with Gasteiger partial charge in [0.1, 0.15) is 12.4 Å². The molecular weight excluding hydrogens is 240 g/mol. The van der Waals surface area contributed by atoms with Crippen molar-refractivity contribution in [3.8, 4) is 5.75 Å². The third-order valence-electron chi connectivity index (χ3n) is 3.16. The van der Waals surface area contributed by atoms with Crippen molar-refractivity contribution in [2.75, 3.05) is 19.7 Å². The molecule has 0 spiro atoms. The van der Waals surface area contributed by atoms with E-state index in [0.29, 0.717) is 17.9 Å². The Balaban J connectivity index is 2.02. The fourth-order valence-corrected chi connectivity index (χ4v) is 2.16. The zero-order valence-corrected chi connectivity index (χ0v) is 11.0. The second-order valence-electron chi connectivity index (χ2n) is 4.59.